The maximum Gasteiger partial charge on any atom is 0.0206 e. The SMILES string of the molecule is CN(CC(C)(C)C)C1(CCCCCCC(C)(C)C)CCC1. The summed E-state index contributed by atoms with van der Waals surface area (Å²) in [6, 6.07) is 0. The minimum Gasteiger partial charge on any atom is -0.300 e. The Kier molecular flexibility index (Phi) is 6.78. The van der Waals surface area contributed by atoms with E-state index in [9.17, 15) is 0 Å². The van der Waals surface area contributed by atoms with Gasteiger partial charge in [-0.25, -0.2) is 0 Å². The van der Waals surface area contributed by atoms with Crippen LogP contribution in [0.5, 0.6) is 0 Å². The zero-order valence-electron chi connectivity index (χ0n) is 16.0. The van der Waals surface area contributed by atoms with Gasteiger partial charge in [-0.3, -0.25) is 0 Å². The molecule has 0 bridgehead atoms. The molecule has 0 radical (unpaired) electrons. The summed E-state index contributed by atoms with van der Waals surface area (Å²) in [5.41, 5.74) is 1.49. The van der Waals surface area contributed by atoms with Gasteiger partial charge in [-0.2, -0.15) is 0 Å². The van der Waals surface area contributed by atoms with E-state index in [4.69, 9.17) is 0 Å². The second-order valence-electron chi connectivity index (χ2n) is 9.97. The third kappa shape index (κ3) is 7.17. The maximum absolute atomic E-state index is 2.69. The second-order valence-corrected chi connectivity index (χ2v) is 9.97. The van der Waals surface area contributed by atoms with Crippen molar-refractivity contribution in [2.75, 3.05) is 13.6 Å². The molecule has 0 saturated heterocycles. The highest BCUT2D eigenvalue weighted by Crippen LogP contribution is 2.42. The Morgan fingerprint density at radius 2 is 1.38 bits per heavy atom. The van der Waals surface area contributed by atoms with E-state index in [1.54, 1.807) is 0 Å². The molecule has 0 aromatic rings. The Hall–Kier alpha value is -0.0400. The van der Waals surface area contributed by atoms with Crippen LogP contribution < -0.4 is 0 Å². The van der Waals surface area contributed by atoms with Crippen molar-refractivity contribution in [3.8, 4) is 0 Å². The lowest BCUT2D eigenvalue weighted by Gasteiger charge is -2.51. The van der Waals surface area contributed by atoms with Crippen molar-refractivity contribution in [3.63, 3.8) is 0 Å². The lowest BCUT2D eigenvalue weighted by molar-refractivity contribution is 0.00576. The number of rotatable bonds is 8. The number of unbranched alkanes of at least 4 members (excludes halogenated alkanes) is 3. The summed E-state index contributed by atoms with van der Waals surface area (Å²) < 4.78 is 0. The first kappa shape index (κ1) is 19.0. The van der Waals surface area contributed by atoms with Crippen LogP contribution in [-0.2, 0) is 0 Å². The summed E-state index contributed by atoms with van der Waals surface area (Å²) in [6.45, 7) is 15.4. The zero-order valence-corrected chi connectivity index (χ0v) is 16.0. The zero-order chi connectivity index (χ0) is 16.1. The number of hydrogen-bond donors (Lipinski definition) is 0. The van der Waals surface area contributed by atoms with Gasteiger partial charge in [0.05, 0.1) is 0 Å². The summed E-state index contributed by atoms with van der Waals surface area (Å²) in [5.74, 6) is 0. The highest BCUT2D eigenvalue weighted by Gasteiger charge is 2.40. The van der Waals surface area contributed by atoms with E-state index in [1.165, 1.54) is 64.3 Å². The molecule has 1 heteroatoms. The molecule has 0 N–H and O–H groups in total. The summed E-state index contributed by atoms with van der Waals surface area (Å²) >= 11 is 0. The van der Waals surface area contributed by atoms with Gasteiger partial charge in [0.2, 0.25) is 0 Å². The van der Waals surface area contributed by atoms with Gasteiger partial charge in [0.1, 0.15) is 0 Å². The first-order valence-corrected chi connectivity index (χ1v) is 9.25. The molecule has 0 spiro atoms. The third-order valence-corrected chi connectivity index (χ3v) is 5.12. The molecular formula is C20H41N. The molecule has 1 aliphatic carbocycles. The molecule has 1 saturated carbocycles. The lowest BCUT2D eigenvalue weighted by atomic mass is 9.71. The van der Waals surface area contributed by atoms with E-state index in [-0.39, 0.29) is 0 Å². The van der Waals surface area contributed by atoms with E-state index in [0.29, 0.717) is 16.4 Å². The van der Waals surface area contributed by atoms with Crippen LogP contribution >= 0.6 is 0 Å². The average Bonchev–Trinajstić information content (AvgIpc) is 2.21. The van der Waals surface area contributed by atoms with Crippen LogP contribution in [0.3, 0.4) is 0 Å². The van der Waals surface area contributed by atoms with Gasteiger partial charge >= 0.3 is 0 Å². The molecule has 0 aromatic heterocycles. The van der Waals surface area contributed by atoms with Crippen LogP contribution in [0.4, 0.5) is 0 Å². The van der Waals surface area contributed by atoms with Crippen molar-refractivity contribution in [2.45, 2.75) is 105 Å². The first-order chi connectivity index (χ1) is 9.54. The summed E-state index contributed by atoms with van der Waals surface area (Å²) in [6.07, 6.45) is 12.8. The van der Waals surface area contributed by atoms with Gasteiger partial charge in [-0.1, -0.05) is 67.2 Å². The lowest BCUT2D eigenvalue weighted by Crippen LogP contribution is -2.54. The third-order valence-electron chi connectivity index (χ3n) is 5.12. The fourth-order valence-electron chi connectivity index (χ4n) is 3.75. The predicted molar refractivity (Wildman–Crippen MR) is 95.8 cm³/mol. The van der Waals surface area contributed by atoms with Gasteiger partial charge in [-0.05, 0) is 50.0 Å². The summed E-state index contributed by atoms with van der Waals surface area (Å²) in [7, 11) is 2.37. The minimum atomic E-state index is 0.421. The van der Waals surface area contributed by atoms with E-state index < -0.39 is 0 Å². The van der Waals surface area contributed by atoms with Crippen molar-refractivity contribution in [1.82, 2.24) is 4.90 Å². The molecule has 0 aliphatic heterocycles. The predicted octanol–water partition coefficient (Wildman–Crippen LogP) is 6.27. The molecule has 0 aromatic carbocycles. The molecule has 1 aliphatic rings. The van der Waals surface area contributed by atoms with Crippen molar-refractivity contribution in [3.05, 3.63) is 0 Å². The maximum atomic E-state index is 2.69. The highest BCUT2D eigenvalue weighted by atomic mass is 15.2. The standard InChI is InChI=1S/C20H41N/c1-18(2,3)13-10-8-9-11-14-20(15-12-16-20)21(7)17-19(4,5)6/h8-17H2,1-7H3. The fourth-order valence-corrected chi connectivity index (χ4v) is 3.75. The molecule has 126 valence electrons. The second kappa shape index (κ2) is 7.49. The van der Waals surface area contributed by atoms with Crippen LogP contribution in [0, 0.1) is 10.8 Å². The molecule has 1 nitrogen and oxygen atoms in total. The highest BCUT2D eigenvalue weighted by molar-refractivity contribution is 4.97. The summed E-state index contributed by atoms with van der Waals surface area (Å²) in [4.78, 5) is 2.69. The van der Waals surface area contributed by atoms with Crippen molar-refractivity contribution in [1.29, 1.82) is 0 Å². The molecule has 0 atom stereocenters. The van der Waals surface area contributed by atoms with Crippen molar-refractivity contribution in [2.24, 2.45) is 10.8 Å². The molecular weight excluding hydrogens is 254 g/mol. The normalized spacial score (nSPS) is 18.9. The Bertz CT molecular complexity index is 288. The molecule has 0 heterocycles. The summed E-state index contributed by atoms with van der Waals surface area (Å²) in [5, 5.41) is 0. The molecule has 1 rings (SSSR count). The Morgan fingerprint density at radius 3 is 1.81 bits per heavy atom. The smallest absolute Gasteiger partial charge is 0.0206 e. The number of nitrogens with zero attached hydrogens (tertiary/aromatic N) is 1. The van der Waals surface area contributed by atoms with Gasteiger partial charge < -0.3 is 4.90 Å². The topological polar surface area (TPSA) is 3.24 Å². The Balaban J connectivity index is 2.25. The van der Waals surface area contributed by atoms with Crippen LogP contribution in [0.25, 0.3) is 0 Å². The van der Waals surface area contributed by atoms with E-state index in [2.05, 4.69) is 53.5 Å². The molecule has 0 unspecified atom stereocenters. The van der Waals surface area contributed by atoms with E-state index in [0.717, 1.165) is 0 Å². The Morgan fingerprint density at radius 1 is 0.810 bits per heavy atom. The van der Waals surface area contributed by atoms with Gasteiger partial charge in [0.15, 0.2) is 0 Å². The molecule has 0 amide bonds. The van der Waals surface area contributed by atoms with Crippen LogP contribution in [0.15, 0.2) is 0 Å². The van der Waals surface area contributed by atoms with Crippen molar-refractivity contribution >= 4 is 0 Å². The number of hydrogen-bond acceptors (Lipinski definition) is 1. The van der Waals surface area contributed by atoms with Gasteiger partial charge in [-0.15, -0.1) is 0 Å². The van der Waals surface area contributed by atoms with E-state index >= 15 is 0 Å². The minimum absolute atomic E-state index is 0.421. The Labute approximate surface area is 134 Å². The fraction of sp³-hybridized carbons (Fsp3) is 1.00. The molecule has 21 heavy (non-hydrogen) atoms. The van der Waals surface area contributed by atoms with Crippen molar-refractivity contribution < 1.29 is 0 Å². The first-order valence-electron chi connectivity index (χ1n) is 9.25. The van der Waals surface area contributed by atoms with Crippen LogP contribution in [0.1, 0.15) is 99.3 Å². The monoisotopic (exact) mass is 295 g/mol. The average molecular weight is 296 g/mol. The van der Waals surface area contributed by atoms with Gasteiger partial charge in [0.25, 0.3) is 0 Å². The van der Waals surface area contributed by atoms with Gasteiger partial charge in [0, 0.05) is 12.1 Å². The van der Waals surface area contributed by atoms with Crippen LogP contribution in [0.2, 0.25) is 0 Å². The molecule has 1 fully saturated rings. The largest absolute Gasteiger partial charge is 0.300 e. The van der Waals surface area contributed by atoms with Crippen LogP contribution in [-0.4, -0.2) is 24.0 Å². The van der Waals surface area contributed by atoms with E-state index in [1.807, 2.05) is 0 Å². The quantitative estimate of drug-likeness (QED) is 0.477.